The molecule has 0 radical (unpaired) electrons. The Hall–Kier alpha value is -1.98. The van der Waals surface area contributed by atoms with Gasteiger partial charge < -0.3 is 5.73 Å². The molecule has 0 unspecified atom stereocenters. The first-order valence-electron chi connectivity index (χ1n) is 5.65. The van der Waals surface area contributed by atoms with Gasteiger partial charge >= 0.3 is 0 Å². The van der Waals surface area contributed by atoms with Crippen molar-refractivity contribution in [2.45, 2.75) is 25.7 Å². The van der Waals surface area contributed by atoms with Gasteiger partial charge in [0.25, 0.3) is 0 Å². The quantitative estimate of drug-likeness (QED) is 0.833. The van der Waals surface area contributed by atoms with Gasteiger partial charge in [-0.3, -0.25) is 0 Å². The molecule has 1 aliphatic rings. The Bertz CT molecular complexity index is 569. The summed E-state index contributed by atoms with van der Waals surface area (Å²) in [7, 11) is 1.84. The van der Waals surface area contributed by atoms with Crippen LogP contribution >= 0.6 is 0 Å². The summed E-state index contributed by atoms with van der Waals surface area (Å²) in [5.74, 6) is 2.59. The zero-order valence-corrected chi connectivity index (χ0v) is 9.88. The van der Waals surface area contributed by atoms with E-state index in [9.17, 15) is 0 Å². The first-order chi connectivity index (χ1) is 8.16. The van der Waals surface area contributed by atoms with Gasteiger partial charge in [-0.1, -0.05) is 0 Å². The number of rotatable bonds is 2. The molecular weight excluding hydrogens is 216 g/mol. The number of aryl methyl sites for hydroxylation is 1. The van der Waals surface area contributed by atoms with Gasteiger partial charge in [0.1, 0.15) is 23.7 Å². The van der Waals surface area contributed by atoms with Crippen LogP contribution in [-0.4, -0.2) is 24.7 Å². The summed E-state index contributed by atoms with van der Waals surface area (Å²) < 4.78 is 1.70. The Labute approximate surface area is 98.9 Å². The molecule has 0 aromatic carbocycles. The van der Waals surface area contributed by atoms with Crippen molar-refractivity contribution in [1.82, 2.24) is 24.7 Å². The largest absolute Gasteiger partial charge is 0.383 e. The smallest absolute Gasteiger partial charge is 0.176 e. The SMILES string of the molecule is Cc1c(N)nc(C2CC2)nc1-c1ncnn1C. The molecule has 6 nitrogen and oxygen atoms in total. The van der Waals surface area contributed by atoms with Crippen molar-refractivity contribution in [1.29, 1.82) is 0 Å². The van der Waals surface area contributed by atoms with Crippen LogP contribution in [0.2, 0.25) is 0 Å². The molecule has 0 saturated heterocycles. The van der Waals surface area contributed by atoms with E-state index in [4.69, 9.17) is 5.73 Å². The molecule has 0 spiro atoms. The van der Waals surface area contributed by atoms with Crippen LogP contribution in [0.4, 0.5) is 5.82 Å². The third-order valence-corrected chi connectivity index (χ3v) is 3.07. The second kappa shape index (κ2) is 3.51. The molecule has 17 heavy (non-hydrogen) atoms. The van der Waals surface area contributed by atoms with E-state index in [0.29, 0.717) is 11.7 Å². The topological polar surface area (TPSA) is 82.5 Å². The maximum Gasteiger partial charge on any atom is 0.176 e. The van der Waals surface area contributed by atoms with Crippen molar-refractivity contribution >= 4 is 5.82 Å². The van der Waals surface area contributed by atoms with Gasteiger partial charge in [-0.25, -0.2) is 19.6 Å². The van der Waals surface area contributed by atoms with Gasteiger partial charge in [0.05, 0.1) is 0 Å². The van der Waals surface area contributed by atoms with E-state index in [1.165, 1.54) is 6.33 Å². The lowest BCUT2D eigenvalue weighted by Crippen LogP contribution is -2.06. The summed E-state index contributed by atoms with van der Waals surface area (Å²) in [6.07, 6.45) is 3.82. The molecule has 0 amide bonds. The fraction of sp³-hybridized carbons (Fsp3) is 0.455. The Balaban J connectivity index is 2.17. The van der Waals surface area contributed by atoms with Crippen LogP contribution in [0.3, 0.4) is 0 Å². The van der Waals surface area contributed by atoms with E-state index < -0.39 is 0 Å². The van der Waals surface area contributed by atoms with Gasteiger partial charge in [-0.2, -0.15) is 5.10 Å². The average Bonchev–Trinajstić information content (AvgIpc) is 3.06. The number of aromatic nitrogens is 5. The molecule has 0 aliphatic heterocycles. The van der Waals surface area contributed by atoms with Crippen LogP contribution in [0.15, 0.2) is 6.33 Å². The summed E-state index contributed by atoms with van der Waals surface area (Å²) in [6.45, 7) is 1.91. The number of nitrogens with two attached hydrogens (primary N) is 1. The van der Waals surface area contributed by atoms with Crippen molar-refractivity contribution in [3.8, 4) is 11.5 Å². The second-order valence-corrected chi connectivity index (χ2v) is 4.42. The highest BCUT2D eigenvalue weighted by Crippen LogP contribution is 2.39. The minimum Gasteiger partial charge on any atom is -0.383 e. The van der Waals surface area contributed by atoms with Gasteiger partial charge in [-0.15, -0.1) is 0 Å². The van der Waals surface area contributed by atoms with Crippen LogP contribution in [0.25, 0.3) is 11.5 Å². The molecule has 1 aliphatic carbocycles. The van der Waals surface area contributed by atoms with Gasteiger partial charge in [0, 0.05) is 18.5 Å². The van der Waals surface area contributed by atoms with Crippen molar-refractivity contribution in [3.63, 3.8) is 0 Å². The lowest BCUT2D eigenvalue weighted by atomic mass is 10.2. The lowest BCUT2D eigenvalue weighted by Gasteiger charge is -2.08. The number of anilines is 1. The molecule has 2 aromatic heterocycles. The van der Waals surface area contributed by atoms with E-state index >= 15 is 0 Å². The minimum atomic E-state index is 0.477. The van der Waals surface area contributed by atoms with Crippen molar-refractivity contribution in [3.05, 3.63) is 17.7 Å². The zero-order valence-electron chi connectivity index (χ0n) is 9.88. The summed E-state index contributed by atoms with van der Waals surface area (Å²) in [6, 6.07) is 0. The minimum absolute atomic E-state index is 0.477. The van der Waals surface area contributed by atoms with Crippen LogP contribution in [0, 0.1) is 6.92 Å². The highest BCUT2D eigenvalue weighted by Gasteiger charge is 2.28. The molecule has 2 N–H and O–H groups in total. The Morgan fingerprint density at radius 2 is 2.12 bits per heavy atom. The molecule has 1 fully saturated rings. The van der Waals surface area contributed by atoms with Gasteiger partial charge in [-0.05, 0) is 19.8 Å². The van der Waals surface area contributed by atoms with Crippen molar-refractivity contribution in [2.75, 3.05) is 5.73 Å². The Kier molecular flexibility index (Phi) is 2.10. The average molecular weight is 230 g/mol. The number of hydrogen-bond donors (Lipinski definition) is 1. The van der Waals surface area contributed by atoms with E-state index in [0.717, 1.165) is 35.7 Å². The molecule has 6 heteroatoms. The summed E-state index contributed by atoms with van der Waals surface area (Å²) in [5, 5.41) is 4.06. The molecule has 0 atom stereocenters. The monoisotopic (exact) mass is 230 g/mol. The van der Waals surface area contributed by atoms with Crippen LogP contribution < -0.4 is 5.73 Å². The Morgan fingerprint density at radius 1 is 1.35 bits per heavy atom. The maximum absolute atomic E-state index is 5.93. The summed E-state index contributed by atoms with van der Waals surface area (Å²) >= 11 is 0. The van der Waals surface area contributed by atoms with E-state index in [2.05, 4.69) is 20.1 Å². The molecule has 2 heterocycles. The summed E-state index contributed by atoms with van der Waals surface area (Å²) in [5.41, 5.74) is 7.59. The van der Waals surface area contributed by atoms with Crippen molar-refractivity contribution < 1.29 is 0 Å². The molecule has 1 saturated carbocycles. The number of nitrogen functional groups attached to an aromatic ring is 1. The lowest BCUT2D eigenvalue weighted by molar-refractivity contribution is 0.768. The first-order valence-corrected chi connectivity index (χ1v) is 5.65. The standard InChI is InChI=1S/C11H14N6/c1-6-8(11-13-5-14-17(11)2)15-10(7-3-4-7)16-9(6)12/h5,7H,3-4H2,1-2H3,(H2,12,15,16). The van der Waals surface area contributed by atoms with Gasteiger partial charge in [0.2, 0.25) is 0 Å². The summed E-state index contributed by atoms with van der Waals surface area (Å²) in [4.78, 5) is 13.1. The molecular formula is C11H14N6. The number of nitrogens with zero attached hydrogens (tertiary/aromatic N) is 5. The normalized spacial score (nSPS) is 15.2. The third-order valence-electron chi connectivity index (χ3n) is 3.07. The van der Waals surface area contributed by atoms with E-state index in [1.54, 1.807) is 4.68 Å². The van der Waals surface area contributed by atoms with E-state index in [-0.39, 0.29) is 0 Å². The molecule has 88 valence electrons. The fourth-order valence-electron chi connectivity index (χ4n) is 1.80. The van der Waals surface area contributed by atoms with Crippen molar-refractivity contribution in [2.24, 2.45) is 7.05 Å². The number of hydrogen-bond acceptors (Lipinski definition) is 5. The van der Waals surface area contributed by atoms with Crippen LogP contribution in [0.1, 0.15) is 30.1 Å². The predicted octanol–water partition coefficient (Wildman–Crippen LogP) is 1.04. The Morgan fingerprint density at radius 3 is 2.71 bits per heavy atom. The molecule has 2 aromatic rings. The highest BCUT2D eigenvalue weighted by molar-refractivity contribution is 5.61. The molecule has 3 rings (SSSR count). The highest BCUT2D eigenvalue weighted by atomic mass is 15.3. The maximum atomic E-state index is 5.93. The predicted molar refractivity (Wildman–Crippen MR) is 63.2 cm³/mol. The van der Waals surface area contributed by atoms with E-state index in [1.807, 2.05) is 14.0 Å². The van der Waals surface area contributed by atoms with Crippen LogP contribution in [-0.2, 0) is 7.05 Å². The third kappa shape index (κ3) is 1.65. The van der Waals surface area contributed by atoms with Gasteiger partial charge in [0.15, 0.2) is 5.82 Å². The molecule has 0 bridgehead atoms. The first kappa shape index (κ1) is 10.2. The zero-order chi connectivity index (χ0) is 12.0. The fourth-order valence-corrected chi connectivity index (χ4v) is 1.80. The van der Waals surface area contributed by atoms with Crippen LogP contribution in [0.5, 0.6) is 0 Å². The second-order valence-electron chi connectivity index (χ2n) is 4.42.